The minimum Gasteiger partial charge on any atom is -0.362 e. The molecule has 0 saturated carbocycles. The molecule has 0 spiro atoms. The molecule has 9 nitrogen and oxygen atoms in total. The number of rotatable bonds is 3. The Bertz CT molecular complexity index is 685. The maximum atomic E-state index is 13.1. The van der Waals surface area contributed by atoms with E-state index < -0.39 is 40.9 Å². The lowest BCUT2D eigenvalue weighted by Crippen LogP contribution is -2.57. The Morgan fingerprint density at radius 3 is 2.65 bits per heavy atom. The minimum atomic E-state index is -5.11. The topological polar surface area (TPSA) is 114 Å². The fraction of sp³-hybridized carbons (Fsp3) is 0.545. The molecule has 2 heterocycles. The number of nitro groups is 1. The first-order chi connectivity index (χ1) is 10.5. The van der Waals surface area contributed by atoms with Crippen LogP contribution in [0.3, 0.4) is 0 Å². The molecule has 2 rings (SSSR count). The van der Waals surface area contributed by atoms with Crippen molar-refractivity contribution in [2.24, 2.45) is 5.10 Å². The first-order valence-electron chi connectivity index (χ1n) is 6.33. The standard InChI is InChI=1S/C11H12F3N5O4/c1-6-3-10(21,11(12,13)14)18(16-6)9(20)7(2)17-5-8(4-15-17)19(22)23/h4-5,7,21H,3H2,1-2H3. The molecule has 0 radical (unpaired) electrons. The molecule has 0 saturated heterocycles. The van der Waals surface area contributed by atoms with Crippen LogP contribution in [0.2, 0.25) is 0 Å². The second kappa shape index (κ2) is 5.30. The lowest BCUT2D eigenvalue weighted by atomic mass is 10.1. The van der Waals surface area contributed by atoms with E-state index in [2.05, 4.69) is 10.2 Å². The maximum absolute atomic E-state index is 13.1. The molecule has 0 aliphatic carbocycles. The highest BCUT2D eigenvalue weighted by Gasteiger charge is 2.63. The summed E-state index contributed by atoms with van der Waals surface area (Å²) in [5, 5.41) is 27.4. The number of carbonyl (C=O) groups is 1. The first kappa shape index (κ1) is 16.9. The van der Waals surface area contributed by atoms with Gasteiger partial charge in [0.05, 0.1) is 4.92 Å². The molecule has 0 bridgehead atoms. The number of aliphatic hydroxyl groups is 1. The zero-order valence-electron chi connectivity index (χ0n) is 12.0. The van der Waals surface area contributed by atoms with Crippen molar-refractivity contribution in [3.05, 3.63) is 22.5 Å². The molecule has 2 unspecified atom stereocenters. The van der Waals surface area contributed by atoms with Gasteiger partial charge in [0, 0.05) is 12.1 Å². The predicted octanol–water partition coefficient (Wildman–Crippen LogP) is 1.21. The van der Waals surface area contributed by atoms with Crippen LogP contribution in [0.1, 0.15) is 26.3 Å². The molecule has 0 fully saturated rings. The van der Waals surface area contributed by atoms with Gasteiger partial charge in [-0.1, -0.05) is 0 Å². The van der Waals surface area contributed by atoms with Gasteiger partial charge >= 0.3 is 11.9 Å². The summed E-state index contributed by atoms with van der Waals surface area (Å²) in [6.45, 7) is 2.44. The van der Waals surface area contributed by atoms with Gasteiger partial charge in [-0.2, -0.15) is 28.4 Å². The van der Waals surface area contributed by atoms with E-state index in [-0.39, 0.29) is 10.7 Å². The van der Waals surface area contributed by atoms with Crippen molar-refractivity contribution in [1.29, 1.82) is 0 Å². The van der Waals surface area contributed by atoms with Crippen LogP contribution < -0.4 is 0 Å². The average molecular weight is 335 g/mol. The Labute approximate surface area is 127 Å². The molecule has 1 amide bonds. The molecule has 1 N–H and O–H groups in total. The van der Waals surface area contributed by atoms with Crippen molar-refractivity contribution in [1.82, 2.24) is 14.8 Å². The van der Waals surface area contributed by atoms with Crippen molar-refractivity contribution < 1.29 is 28.0 Å². The van der Waals surface area contributed by atoms with E-state index in [4.69, 9.17) is 0 Å². The van der Waals surface area contributed by atoms with Gasteiger partial charge < -0.3 is 5.11 Å². The van der Waals surface area contributed by atoms with Crippen LogP contribution in [0.25, 0.3) is 0 Å². The van der Waals surface area contributed by atoms with Crippen molar-refractivity contribution in [3.63, 3.8) is 0 Å². The molecule has 126 valence electrons. The zero-order valence-corrected chi connectivity index (χ0v) is 12.0. The summed E-state index contributed by atoms with van der Waals surface area (Å²) in [5.74, 6) is -1.19. The van der Waals surface area contributed by atoms with Crippen molar-refractivity contribution in [3.8, 4) is 0 Å². The lowest BCUT2D eigenvalue weighted by Gasteiger charge is -2.33. The van der Waals surface area contributed by atoms with Gasteiger partial charge in [-0.3, -0.25) is 19.6 Å². The summed E-state index contributed by atoms with van der Waals surface area (Å²) < 4.78 is 40.1. The molecule has 2 atom stereocenters. The third-order valence-corrected chi connectivity index (χ3v) is 3.34. The number of aromatic nitrogens is 2. The molecule has 0 aromatic carbocycles. The van der Waals surface area contributed by atoms with Crippen LogP contribution in [0.5, 0.6) is 0 Å². The predicted molar refractivity (Wildman–Crippen MR) is 69.2 cm³/mol. The van der Waals surface area contributed by atoms with Crippen molar-refractivity contribution in [2.45, 2.75) is 38.2 Å². The number of hydrogen-bond acceptors (Lipinski definition) is 6. The fourth-order valence-corrected chi connectivity index (χ4v) is 2.10. The molecule has 23 heavy (non-hydrogen) atoms. The number of hydrogen-bond donors (Lipinski definition) is 1. The second-order valence-corrected chi connectivity index (χ2v) is 5.09. The van der Waals surface area contributed by atoms with Gasteiger partial charge in [0.1, 0.15) is 18.4 Å². The largest absolute Gasteiger partial charge is 0.438 e. The van der Waals surface area contributed by atoms with E-state index >= 15 is 0 Å². The monoisotopic (exact) mass is 335 g/mol. The quantitative estimate of drug-likeness (QED) is 0.659. The van der Waals surface area contributed by atoms with Gasteiger partial charge in [-0.15, -0.1) is 0 Å². The van der Waals surface area contributed by atoms with E-state index in [1.165, 1.54) is 13.8 Å². The van der Waals surface area contributed by atoms with E-state index in [0.29, 0.717) is 0 Å². The molecule has 1 aliphatic rings. The number of nitrogens with zero attached hydrogens (tertiary/aromatic N) is 5. The van der Waals surface area contributed by atoms with Crippen molar-refractivity contribution in [2.75, 3.05) is 0 Å². The van der Waals surface area contributed by atoms with E-state index in [0.717, 1.165) is 17.1 Å². The van der Waals surface area contributed by atoms with Gasteiger partial charge in [-0.05, 0) is 13.8 Å². The van der Waals surface area contributed by atoms with E-state index in [1.807, 2.05) is 0 Å². The summed E-state index contributed by atoms with van der Waals surface area (Å²) in [5.41, 5.74) is -3.93. The summed E-state index contributed by atoms with van der Waals surface area (Å²) in [7, 11) is 0. The molecule has 1 aliphatic heterocycles. The summed E-state index contributed by atoms with van der Waals surface area (Å²) in [6, 6.07) is -1.33. The Kier molecular flexibility index (Phi) is 3.88. The molecule has 12 heteroatoms. The number of alkyl halides is 3. The Morgan fingerprint density at radius 1 is 1.57 bits per heavy atom. The maximum Gasteiger partial charge on any atom is 0.438 e. The number of amides is 1. The van der Waals surface area contributed by atoms with Gasteiger partial charge in [0.15, 0.2) is 0 Å². The SMILES string of the molecule is CC1=NN(C(=O)C(C)n2cc([N+](=O)[O-])cn2)C(O)(C(F)(F)F)C1. The zero-order chi connectivity index (χ0) is 17.6. The smallest absolute Gasteiger partial charge is 0.362 e. The van der Waals surface area contributed by atoms with Crippen molar-refractivity contribution >= 4 is 17.3 Å². The minimum absolute atomic E-state index is 0.0412. The summed E-state index contributed by atoms with van der Waals surface area (Å²) in [6.07, 6.45) is -4.21. The van der Waals surface area contributed by atoms with Crippen LogP contribution in [0, 0.1) is 10.1 Å². The van der Waals surface area contributed by atoms with E-state index in [9.17, 15) is 33.2 Å². The van der Waals surface area contributed by atoms with Crippen LogP contribution in [-0.2, 0) is 4.79 Å². The average Bonchev–Trinajstić information content (AvgIpc) is 3.01. The van der Waals surface area contributed by atoms with Crippen LogP contribution in [0.15, 0.2) is 17.5 Å². The summed E-state index contributed by atoms with van der Waals surface area (Å²) in [4.78, 5) is 22.1. The third-order valence-electron chi connectivity index (χ3n) is 3.34. The molecular weight excluding hydrogens is 323 g/mol. The van der Waals surface area contributed by atoms with Gasteiger partial charge in [-0.25, -0.2) is 0 Å². The molecular formula is C11H12F3N5O4. The third kappa shape index (κ3) is 2.76. The van der Waals surface area contributed by atoms with Crippen LogP contribution in [0.4, 0.5) is 18.9 Å². The number of carbonyl (C=O) groups excluding carboxylic acids is 1. The number of halogens is 3. The Hall–Kier alpha value is -2.50. The van der Waals surface area contributed by atoms with Crippen LogP contribution in [-0.4, -0.2) is 48.3 Å². The molecule has 1 aromatic heterocycles. The van der Waals surface area contributed by atoms with E-state index in [1.54, 1.807) is 0 Å². The normalized spacial score (nSPS) is 22.9. The number of hydrazone groups is 1. The van der Waals surface area contributed by atoms with Gasteiger partial charge in [0.2, 0.25) is 0 Å². The summed E-state index contributed by atoms with van der Waals surface area (Å²) >= 11 is 0. The van der Waals surface area contributed by atoms with Gasteiger partial charge in [0.25, 0.3) is 11.6 Å². The lowest BCUT2D eigenvalue weighted by molar-refractivity contribution is -0.385. The highest BCUT2D eigenvalue weighted by molar-refractivity contribution is 5.90. The second-order valence-electron chi connectivity index (χ2n) is 5.09. The fourth-order valence-electron chi connectivity index (χ4n) is 2.10. The first-order valence-corrected chi connectivity index (χ1v) is 6.33. The Morgan fingerprint density at radius 2 is 2.17 bits per heavy atom. The highest BCUT2D eigenvalue weighted by atomic mass is 19.4. The van der Waals surface area contributed by atoms with Crippen LogP contribution >= 0.6 is 0 Å². The highest BCUT2D eigenvalue weighted by Crippen LogP contribution is 2.41. The Balaban J connectivity index is 2.32. The molecule has 1 aromatic rings.